The minimum atomic E-state index is -1.18. The van der Waals surface area contributed by atoms with E-state index in [1.54, 1.807) is 6.92 Å². The molecule has 2 fully saturated rings. The molecule has 1 aromatic rings. The minimum Gasteiger partial charge on any atom is -0.465 e. The predicted octanol–water partition coefficient (Wildman–Crippen LogP) is 2.61. The van der Waals surface area contributed by atoms with E-state index in [1.165, 1.54) is 0 Å². The van der Waals surface area contributed by atoms with E-state index in [1.807, 2.05) is 19.0 Å². The molecule has 0 radical (unpaired) electrons. The van der Waals surface area contributed by atoms with Crippen molar-refractivity contribution in [1.29, 1.82) is 0 Å². The standard InChI is InChI=1S/C23H38FN7O3/c1-14-26-19(18(24)20(27-14)31-12-17(30(4)5)23(2,3)13-31)28-29-21(32)16(11-25-22(33)34)10-15-8-6-7-9-15/h15-17,25H,6-13H2,1-5H3,(H,29,32)(H,33,34)(H,26,27,28)/t16-,17?/m1/s1. The van der Waals surface area contributed by atoms with Gasteiger partial charge in [-0.2, -0.15) is 4.39 Å². The smallest absolute Gasteiger partial charge is 0.404 e. The van der Waals surface area contributed by atoms with Crippen molar-refractivity contribution in [1.82, 2.24) is 25.6 Å². The summed E-state index contributed by atoms with van der Waals surface area (Å²) in [5.74, 6) is -0.708. The minimum absolute atomic E-state index is 0.00463. The molecule has 34 heavy (non-hydrogen) atoms. The number of amides is 2. The first-order chi connectivity index (χ1) is 16.0. The first-order valence-electron chi connectivity index (χ1n) is 12.0. The summed E-state index contributed by atoms with van der Waals surface area (Å²) in [5, 5.41) is 11.3. The second kappa shape index (κ2) is 10.7. The van der Waals surface area contributed by atoms with Gasteiger partial charge in [-0.1, -0.05) is 39.5 Å². The van der Waals surface area contributed by atoms with E-state index in [9.17, 15) is 9.59 Å². The zero-order chi connectivity index (χ0) is 25.0. The van der Waals surface area contributed by atoms with Crippen LogP contribution in [0.4, 0.5) is 20.8 Å². The Kier molecular flexibility index (Phi) is 8.17. The van der Waals surface area contributed by atoms with Gasteiger partial charge in [0.15, 0.2) is 11.6 Å². The molecular formula is C23H38FN7O3. The van der Waals surface area contributed by atoms with Crippen molar-refractivity contribution in [3.63, 3.8) is 0 Å². The van der Waals surface area contributed by atoms with E-state index in [0.717, 1.165) is 25.7 Å². The van der Waals surface area contributed by atoms with Crippen LogP contribution in [0, 0.1) is 30.0 Å². The highest BCUT2D eigenvalue weighted by Crippen LogP contribution is 2.36. The van der Waals surface area contributed by atoms with Crippen LogP contribution in [-0.2, 0) is 4.79 Å². The van der Waals surface area contributed by atoms with E-state index in [4.69, 9.17) is 5.11 Å². The van der Waals surface area contributed by atoms with Crippen LogP contribution in [-0.4, -0.2) is 71.7 Å². The topological polar surface area (TPSA) is 123 Å². The average Bonchev–Trinajstić information content (AvgIpc) is 3.37. The number of carbonyl (C=O) groups excluding carboxylic acids is 1. The molecule has 1 unspecified atom stereocenters. The first kappa shape index (κ1) is 25.9. The van der Waals surface area contributed by atoms with Gasteiger partial charge < -0.3 is 20.2 Å². The average molecular weight is 480 g/mol. The van der Waals surface area contributed by atoms with Crippen molar-refractivity contribution in [2.75, 3.05) is 44.1 Å². The second-order valence-electron chi connectivity index (χ2n) is 10.5. The fourth-order valence-corrected chi connectivity index (χ4v) is 5.34. The molecule has 0 spiro atoms. The third kappa shape index (κ3) is 6.25. The molecule has 1 aromatic heterocycles. The monoisotopic (exact) mass is 479 g/mol. The summed E-state index contributed by atoms with van der Waals surface area (Å²) in [6.45, 7) is 7.26. The van der Waals surface area contributed by atoms with Gasteiger partial charge in [-0.25, -0.2) is 14.8 Å². The lowest BCUT2D eigenvalue weighted by molar-refractivity contribution is -0.124. The van der Waals surface area contributed by atoms with Crippen molar-refractivity contribution in [3.05, 3.63) is 11.6 Å². The number of hydrazine groups is 1. The zero-order valence-corrected chi connectivity index (χ0v) is 20.8. The highest BCUT2D eigenvalue weighted by Gasteiger charge is 2.42. The Labute approximate surface area is 200 Å². The summed E-state index contributed by atoms with van der Waals surface area (Å²) in [4.78, 5) is 36.4. The number of hydrogen-bond donors (Lipinski definition) is 4. The molecule has 0 aromatic carbocycles. The SMILES string of the molecule is Cc1nc(NNC(=O)[C@@H](CNC(=O)O)CC2CCCC2)c(F)c(N2CC(N(C)C)C(C)(C)C2)n1. The van der Waals surface area contributed by atoms with Gasteiger partial charge in [-0.05, 0) is 38.8 Å². The van der Waals surface area contributed by atoms with Crippen LogP contribution in [0.25, 0.3) is 0 Å². The summed E-state index contributed by atoms with van der Waals surface area (Å²) in [7, 11) is 4.03. The summed E-state index contributed by atoms with van der Waals surface area (Å²) < 4.78 is 15.4. The molecule has 3 rings (SSSR count). The molecule has 1 saturated carbocycles. The van der Waals surface area contributed by atoms with E-state index in [-0.39, 0.29) is 29.6 Å². The number of aryl methyl sites for hydroxylation is 1. The third-order valence-corrected chi connectivity index (χ3v) is 7.03. The highest BCUT2D eigenvalue weighted by atomic mass is 19.1. The first-order valence-corrected chi connectivity index (χ1v) is 12.0. The molecule has 1 aliphatic carbocycles. The van der Waals surface area contributed by atoms with Crippen LogP contribution in [0.1, 0.15) is 51.8 Å². The fourth-order valence-electron chi connectivity index (χ4n) is 5.34. The molecule has 1 saturated heterocycles. The molecule has 2 aliphatic rings. The fraction of sp³-hybridized carbons (Fsp3) is 0.739. The molecule has 2 amide bonds. The van der Waals surface area contributed by atoms with Gasteiger partial charge in [-0.3, -0.25) is 15.6 Å². The van der Waals surface area contributed by atoms with E-state index in [0.29, 0.717) is 31.3 Å². The molecule has 11 heteroatoms. The van der Waals surface area contributed by atoms with Crippen LogP contribution >= 0.6 is 0 Å². The molecule has 2 atom stereocenters. The summed E-state index contributed by atoms with van der Waals surface area (Å²) >= 11 is 0. The molecule has 4 N–H and O–H groups in total. The molecule has 0 bridgehead atoms. The molecular weight excluding hydrogens is 441 g/mol. The van der Waals surface area contributed by atoms with Crippen LogP contribution in [0.2, 0.25) is 0 Å². The number of rotatable bonds is 9. The Bertz CT molecular complexity index is 890. The van der Waals surface area contributed by atoms with Gasteiger partial charge in [-0.15, -0.1) is 0 Å². The zero-order valence-electron chi connectivity index (χ0n) is 20.8. The number of halogens is 1. The Morgan fingerprint density at radius 3 is 2.53 bits per heavy atom. The lowest BCUT2D eigenvalue weighted by Gasteiger charge is -2.30. The number of carboxylic acid groups (broad SMARTS) is 1. The number of carbonyl (C=O) groups is 2. The summed E-state index contributed by atoms with van der Waals surface area (Å²) in [5.41, 5.74) is 5.12. The number of nitrogens with one attached hydrogen (secondary N) is 3. The number of aromatic nitrogens is 2. The van der Waals surface area contributed by atoms with Crippen molar-refractivity contribution < 1.29 is 19.1 Å². The van der Waals surface area contributed by atoms with Gasteiger partial charge >= 0.3 is 6.09 Å². The summed E-state index contributed by atoms with van der Waals surface area (Å²) in [6.07, 6.45) is 3.73. The lowest BCUT2D eigenvalue weighted by Crippen LogP contribution is -2.42. The number of likely N-dealkylation sites (N-methyl/N-ethyl adjacent to an activating group) is 1. The Morgan fingerprint density at radius 2 is 1.94 bits per heavy atom. The van der Waals surface area contributed by atoms with Crippen molar-refractivity contribution in [3.8, 4) is 0 Å². The highest BCUT2D eigenvalue weighted by molar-refractivity contribution is 5.80. The maximum absolute atomic E-state index is 15.4. The van der Waals surface area contributed by atoms with Gasteiger partial charge in [0.1, 0.15) is 5.82 Å². The molecule has 190 valence electrons. The van der Waals surface area contributed by atoms with Gasteiger partial charge in [0, 0.05) is 25.7 Å². The normalized spacial score (nSPS) is 21.0. The maximum Gasteiger partial charge on any atom is 0.404 e. The van der Waals surface area contributed by atoms with Crippen LogP contribution in [0.5, 0.6) is 0 Å². The number of hydrogen-bond acceptors (Lipinski definition) is 7. The largest absolute Gasteiger partial charge is 0.465 e. The van der Waals surface area contributed by atoms with Crippen LogP contribution < -0.4 is 21.1 Å². The Morgan fingerprint density at radius 1 is 1.26 bits per heavy atom. The second-order valence-corrected chi connectivity index (χ2v) is 10.5. The third-order valence-electron chi connectivity index (χ3n) is 7.03. The molecule has 1 aliphatic heterocycles. The van der Waals surface area contributed by atoms with Crippen LogP contribution in [0.3, 0.4) is 0 Å². The van der Waals surface area contributed by atoms with E-state index >= 15 is 4.39 Å². The molecule has 2 heterocycles. The van der Waals surface area contributed by atoms with Gasteiger partial charge in [0.25, 0.3) is 0 Å². The maximum atomic E-state index is 15.4. The molecule has 10 nitrogen and oxygen atoms in total. The Balaban J connectivity index is 1.71. The van der Waals surface area contributed by atoms with E-state index in [2.05, 4.69) is 44.9 Å². The van der Waals surface area contributed by atoms with Crippen molar-refractivity contribution in [2.45, 2.75) is 58.9 Å². The Hall–Kier alpha value is -2.69. The van der Waals surface area contributed by atoms with Crippen molar-refractivity contribution >= 4 is 23.6 Å². The van der Waals surface area contributed by atoms with Gasteiger partial charge in [0.05, 0.1) is 5.92 Å². The number of anilines is 2. The summed E-state index contributed by atoms with van der Waals surface area (Å²) in [6, 6.07) is 0.233. The number of nitrogens with zero attached hydrogens (tertiary/aromatic N) is 4. The quantitative estimate of drug-likeness (QED) is 0.399. The lowest BCUT2D eigenvalue weighted by atomic mass is 9.87. The van der Waals surface area contributed by atoms with Gasteiger partial charge in [0.2, 0.25) is 11.7 Å². The van der Waals surface area contributed by atoms with E-state index < -0.39 is 23.7 Å². The van der Waals surface area contributed by atoms with Crippen LogP contribution in [0.15, 0.2) is 0 Å². The van der Waals surface area contributed by atoms with Crippen molar-refractivity contribution in [2.24, 2.45) is 17.3 Å². The predicted molar refractivity (Wildman–Crippen MR) is 128 cm³/mol.